The highest BCUT2D eigenvalue weighted by Gasteiger charge is 2.34. The Bertz CT molecular complexity index is 1580. The fourth-order valence-corrected chi connectivity index (χ4v) is 6.64. The Morgan fingerprint density at radius 1 is 0.950 bits per heavy atom. The number of hydrogen-bond acceptors (Lipinski definition) is 8. The molecule has 0 aromatic heterocycles. The number of rotatable bonds is 13. The first-order valence-corrected chi connectivity index (χ1v) is 16.8. The van der Waals surface area contributed by atoms with Gasteiger partial charge in [-0.25, -0.2) is 0 Å². The van der Waals surface area contributed by atoms with Gasteiger partial charge in [0.05, 0.1) is 22.9 Å². The van der Waals surface area contributed by atoms with Crippen molar-refractivity contribution < 1.29 is 30.7 Å². The summed E-state index contributed by atoms with van der Waals surface area (Å²) in [4.78, 5) is 2.87. The van der Waals surface area contributed by atoms with E-state index >= 15 is 0 Å². The highest BCUT2D eigenvalue weighted by Crippen LogP contribution is 2.47. The highest BCUT2D eigenvalue weighted by molar-refractivity contribution is 8.00. The molecule has 214 valence electrons. The van der Waals surface area contributed by atoms with Crippen molar-refractivity contribution in [2.24, 2.45) is 0 Å². The van der Waals surface area contributed by atoms with Crippen LogP contribution in [0.5, 0.6) is 5.75 Å². The summed E-state index contributed by atoms with van der Waals surface area (Å²) in [7, 11) is -8.19. The number of ether oxygens (including phenoxy) is 1. The molecule has 9 nitrogen and oxygen atoms in total. The molecule has 1 aliphatic heterocycles. The summed E-state index contributed by atoms with van der Waals surface area (Å²) in [6.07, 6.45) is 0.367. The smallest absolute Gasteiger partial charge is 0.264 e. The number of benzene rings is 3. The van der Waals surface area contributed by atoms with E-state index in [2.05, 4.69) is 11.9 Å². The van der Waals surface area contributed by atoms with Crippen LogP contribution in [0.1, 0.15) is 12.8 Å². The van der Waals surface area contributed by atoms with Gasteiger partial charge in [0.15, 0.2) is 0 Å². The van der Waals surface area contributed by atoms with Gasteiger partial charge in [0, 0.05) is 23.0 Å². The zero-order chi connectivity index (χ0) is 28.9. The average molecular weight is 625 g/mol. The zero-order valence-corrected chi connectivity index (χ0v) is 24.6. The molecule has 1 unspecified atom stereocenters. The molecular weight excluding hydrogens is 596 g/mol. The summed E-state index contributed by atoms with van der Waals surface area (Å²) >= 11 is 7.72. The number of hydrogen-bond donors (Lipinski definition) is 3. The molecular formula is C27H29ClN2O7S3. The number of fused-ring (bicyclic) bond motifs is 1. The van der Waals surface area contributed by atoms with Gasteiger partial charge in [-0.2, -0.15) is 16.8 Å². The van der Waals surface area contributed by atoms with E-state index in [1.807, 2.05) is 53.4 Å². The lowest BCUT2D eigenvalue weighted by Crippen LogP contribution is -2.34. The summed E-state index contributed by atoms with van der Waals surface area (Å²) in [6, 6.07) is 20.8. The van der Waals surface area contributed by atoms with Crippen molar-refractivity contribution in [3.63, 3.8) is 0 Å². The average Bonchev–Trinajstić information content (AvgIpc) is 3.24. The van der Waals surface area contributed by atoms with E-state index in [0.717, 1.165) is 21.7 Å². The first kappa shape index (κ1) is 30.2. The predicted molar refractivity (Wildman–Crippen MR) is 161 cm³/mol. The Morgan fingerprint density at radius 2 is 1.65 bits per heavy atom. The molecule has 1 heterocycles. The summed E-state index contributed by atoms with van der Waals surface area (Å²) in [6.45, 7) is 4.74. The Morgan fingerprint density at radius 3 is 2.35 bits per heavy atom. The number of nitrogens with one attached hydrogen (secondary N) is 1. The van der Waals surface area contributed by atoms with E-state index in [4.69, 9.17) is 20.9 Å². The molecule has 3 N–H and O–H groups in total. The molecule has 0 radical (unpaired) electrons. The van der Waals surface area contributed by atoms with Gasteiger partial charge in [-0.15, -0.1) is 0 Å². The van der Waals surface area contributed by atoms with Crippen molar-refractivity contribution in [3.05, 3.63) is 84.1 Å². The van der Waals surface area contributed by atoms with Crippen molar-refractivity contribution in [1.29, 1.82) is 0 Å². The SMILES string of the molecule is C=C(Oc1ccc(-c2ccccc2)cc1NCCCS(=O)(=O)O)C1Sc2ccc(Cl)cc2N1CCCS(=O)(=O)O. The summed E-state index contributed by atoms with van der Waals surface area (Å²) in [5, 5.41) is 3.33. The monoisotopic (exact) mass is 624 g/mol. The standard InChI is InChI=1S/C27H29ClN2O7S3/c1-19(27-30(14-6-16-40(34,35)36)24-18-22(28)10-12-26(24)38-27)37-25-11-9-21(20-7-3-2-4-8-20)17-23(25)29-13-5-15-39(31,32)33/h2-4,7-12,17-18,27,29H,1,5-6,13-16H2,(H,31,32,33)(H,34,35,36). The van der Waals surface area contributed by atoms with Crippen LogP contribution in [0, 0.1) is 0 Å². The first-order valence-electron chi connectivity index (χ1n) is 12.3. The van der Waals surface area contributed by atoms with Crippen molar-refractivity contribution in [2.45, 2.75) is 23.1 Å². The molecule has 0 bridgehead atoms. The first-order chi connectivity index (χ1) is 18.9. The molecule has 40 heavy (non-hydrogen) atoms. The Labute approximate surface area is 243 Å². The maximum atomic E-state index is 11.3. The van der Waals surface area contributed by atoms with Gasteiger partial charge in [-0.1, -0.05) is 66.3 Å². The summed E-state index contributed by atoms with van der Waals surface area (Å²) in [5.41, 5.74) is 3.32. The summed E-state index contributed by atoms with van der Waals surface area (Å²) in [5.74, 6) is 0.0869. The van der Waals surface area contributed by atoms with E-state index in [1.54, 1.807) is 18.2 Å². The molecule has 3 aromatic rings. The molecule has 4 rings (SSSR count). The Balaban J connectivity index is 1.57. The lowest BCUT2D eigenvalue weighted by atomic mass is 10.0. The van der Waals surface area contributed by atoms with Crippen LogP contribution < -0.4 is 15.0 Å². The van der Waals surface area contributed by atoms with Gasteiger partial charge in [0.25, 0.3) is 20.2 Å². The van der Waals surface area contributed by atoms with Gasteiger partial charge in [-0.3, -0.25) is 9.11 Å². The second-order valence-corrected chi connectivity index (χ2v) is 13.8. The quantitative estimate of drug-likeness (QED) is 0.122. The highest BCUT2D eigenvalue weighted by atomic mass is 35.5. The Hall–Kier alpha value is -2.74. The third kappa shape index (κ3) is 8.38. The van der Waals surface area contributed by atoms with E-state index < -0.39 is 25.6 Å². The molecule has 1 aliphatic rings. The van der Waals surface area contributed by atoms with E-state index in [9.17, 15) is 21.4 Å². The summed E-state index contributed by atoms with van der Waals surface area (Å²) < 4.78 is 69.4. The number of halogens is 1. The molecule has 0 amide bonds. The minimum Gasteiger partial charge on any atom is -0.457 e. The normalized spacial score (nSPS) is 15.1. The van der Waals surface area contributed by atoms with Crippen LogP contribution in [0.15, 0.2) is 84.0 Å². The lowest BCUT2D eigenvalue weighted by Gasteiger charge is -2.28. The van der Waals surface area contributed by atoms with Gasteiger partial charge < -0.3 is 15.0 Å². The molecule has 0 aliphatic carbocycles. The third-order valence-corrected chi connectivity index (χ3v) is 9.24. The minimum atomic E-state index is -4.12. The minimum absolute atomic E-state index is 0.182. The van der Waals surface area contributed by atoms with Gasteiger partial charge in [-0.05, 0) is 54.3 Å². The van der Waals surface area contributed by atoms with Crippen LogP contribution in [0.2, 0.25) is 5.02 Å². The largest absolute Gasteiger partial charge is 0.457 e. The second kappa shape index (κ2) is 12.8. The van der Waals surface area contributed by atoms with E-state index in [1.165, 1.54) is 11.8 Å². The second-order valence-electron chi connectivity index (χ2n) is 9.13. The van der Waals surface area contributed by atoms with Crippen LogP contribution in [0.3, 0.4) is 0 Å². The van der Waals surface area contributed by atoms with Gasteiger partial charge in [0.1, 0.15) is 16.9 Å². The zero-order valence-electron chi connectivity index (χ0n) is 21.4. The maximum Gasteiger partial charge on any atom is 0.264 e. The van der Waals surface area contributed by atoms with Gasteiger partial charge >= 0.3 is 0 Å². The van der Waals surface area contributed by atoms with E-state index in [-0.39, 0.29) is 30.9 Å². The van der Waals surface area contributed by atoms with Crippen molar-refractivity contribution in [2.75, 3.05) is 34.8 Å². The number of nitrogens with zero attached hydrogens (tertiary/aromatic N) is 1. The molecule has 0 spiro atoms. The molecule has 13 heteroatoms. The van der Waals surface area contributed by atoms with Crippen LogP contribution in [0.4, 0.5) is 11.4 Å². The van der Waals surface area contributed by atoms with E-state index in [0.29, 0.717) is 28.8 Å². The molecule has 1 atom stereocenters. The van der Waals surface area contributed by atoms with Crippen LogP contribution in [-0.2, 0) is 20.2 Å². The maximum absolute atomic E-state index is 11.3. The van der Waals surface area contributed by atoms with Crippen molar-refractivity contribution in [3.8, 4) is 16.9 Å². The molecule has 3 aromatic carbocycles. The fraction of sp³-hybridized carbons (Fsp3) is 0.259. The van der Waals surface area contributed by atoms with Gasteiger partial charge in [0.2, 0.25) is 0 Å². The predicted octanol–water partition coefficient (Wildman–Crippen LogP) is 5.81. The molecule has 0 saturated carbocycles. The lowest BCUT2D eigenvalue weighted by molar-refractivity contribution is 0.409. The number of anilines is 2. The van der Waals surface area contributed by atoms with Crippen LogP contribution in [-0.4, -0.2) is 55.9 Å². The van der Waals surface area contributed by atoms with Crippen molar-refractivity contribution >= 4 is 55.0 Å². The Kier molecular flexibility index (Phi) is 9.70. The topological polar surface area (TPSA) is 133 Å². The van der Waals surface area contributed by atoms with Crippen molar-refractivity contribution in [1.82, 2.24) is 0 Å². The van der Waals surface area contributed by atoms with Crippen LogP contribution >= 0.6 is 23.4 Å². The molecule has 0 saturated heterocycles. The molecule has 0 fully saturated rings. The third-order valence-electron chi connectivity index (χ3n) is 6.05. The van der Waals surface area contributed by atoms with Crippen LogP contribution in [0.25, 0.3) is 11.1 Å². The number of thioether (sulfide) groups is 1. The fourth-order valence-electron chi connectivity index (χ4n) is 4.26.